The van der Waals surface area contributed by atoms with E-state index in [9.17, 15) is 0 Å². The van der Waals surface area contributed by atoms with Crippen molar-refractivity contribution in [2.45, 2.75) is 42.5 Å². The van der Waals surface area contributed by atoms with Crippen LogP contribution in [0.25, 0.3) is 10.2 Å². The highest BCUT2D eigenvalue weighted by Crippen LogP contribution is 2.23. The van der Waals surface area contributed by atoms with Crippen LogP contribution < -0.4 is 5.73 Å². The van der Waals surface area contributed by atoms with Crippen molar-refractivity contribution in [2.24, 2.45) is 5.73 Å². The lowest BCUT2D eigenvalue weighted by atomic mass is 9.97. The summed E-state index contributed by atoms with van der Waals surface area (Å²) in [6, 6.07) is 8.56. The number of para-hydroxylation sites is 1. The molecule has 0 aliphatic heterocycles. The molecule has 0 bridgehead atoms. The number of nitrogens with zero attached hydrogens (tertiary/aromatic N) is 2. The van der Waals surface area contributed by atoms with Crippen molar-refractivity contribution in [3.05, 3.63) is 41.4 Å². The van der Waals surface area contributed by atoms with Gasteiger partial charge in [0.05, 0.1) is 15.7 Å². The van der Waals surface area contributed by atoms with Crippen molar-refractivity contribution in [1.82, 2.24) is 9.97 Å². The quantitative estimate of drug-likeness (QED) is 0.560. The molecule has 2 aromatic heterocycles. The van der Waals surface area contributed by atoms with E-state index in [2.05, 4.69) is 22.6 Å². The molecule has 118 valence electrons. The molecule has 0 amide bonds. The molecule has 0 saturated heterocycles. The van der Waals surface area contributed by atoms with Gasteiger partial charge in [0.25, 0.3) is 0 Å². The Balaban J connectivity index is 0.000000129. The second-order valence-electron chi connectivity index (χ2n) is 5.04. The number of thiazole rings is 2. The Morgan fingerprint density at radius 3 is 2.41 bits per heavy atom. The summed E-state index contributed by atoms with van der Waals surface area (Å²) < 4.78 is 2.04. The van der Waals surface area contributed by atoms with Gasteiger partial charge in [-0.05, 0) is 25.0 Å². The van der Waals surface area contributed by atoms with Gasteiger partial charge in [-0.1, -0.05) is 31.4 Å². The molecule has 2 N–H and O–H groups in total. The van der Waals surface area contributed by atoms with E-state index < -0.39 is 0 Å². The Kier molecular flexibility index (Phi) is 7.87. The zero-order valence-corrected chi connectivity index (χ0v) is 14.9. The Bertz CT molecular complexity index is 581. The van der Waals surface area contributed by atoms with Gasteiger partial charge in [-0.3, -0.25) is 4.98 Å². The van der Waals surface area contributed by atoms with Crippen LogP contribution in [0.5, 0.6) is 0 Å². The average molecular weight is 352 g/mol. The zero-order valence-electron chi connectivity index (χ0n) is 12.4. The molecule has 3 nitrogen and oxygen atoms in total. The number of benzene rings is 1. The minimum absolute atomic E-state index is 0.536. The van der Waals surface area contributed by atoms with Gasteiger partial charge in [0.15, 0.2) is 0 Å². The maximum Gasteiger partial charge on any atom is 0.148 e. The number of hydrogen-bond donors (Lipinski definition) is 2. The summed E-state index contributed by atoms with van der Waals surface area (Å²) in [4.78, 5) is 7.94. The van der Waals surface area contributed by atoms with Crippen LogP contribution in [0.1, 0.15) is 32.1 Å². The zero-order chi connectivity index (χ0) is 15.6. The van der Waals surface area contributed by atoms with E-state index in [4.69, 9.17) is 5.73 Å². The fraction of sp³-hybridized carbons (Fsp3) is 0.375. The van der Waals surface area contributed by atoms with Gasteiger partial charge in [-0.25, -0.2) is 4.98 Å². The molecule has 1 aliphatic carbocycles. The minimum Gasteiger partial charge on any atom is -0.328 e. The summed E-state index contributed by atoms with van der Waals surface area (Å²) in [7, 11) is 0. The van der Waals surface area contributed by atoms with E-state index in [1.807, 2.05) is 29.6 Å². The van der Waals surface area contributed by atoms with E-state index >= 15 is 0 Å². The fourth-order valence-electron chi connectivity index (χ4n) is 2.17. The van der Waals surface area contributed by atoms with Crippen molar-refractivity contribution in [3.8, 4) is 0 Å². The van der Waals surface area contributed by atoms with Crippen LogP contribution in [0.3, 0.4) is 0 Å². The lowest BCUT2D eigenvalue weighted by Gasteiger charge is -2.15. The van der Waals surface area contributed by atoms with Crippen molar-refractivity contribution in [3.63, 3.8) is 0 Å². The summed E-state index contributed by atoms with van der Waals surface area (Å²) in [6.07, 6.45) is 8.43. The molecule has 1 aromatic carbocycles. The molecule has 0 unspecified atom stereocenters. The van der Waals surface area contributed by atoms with Crippen molar-refractivity contribution in [1.29, 1.82) is 0 Å². The Labute approximate surface area is 145 Å². The summed E-state index contributed by atoms with van der Waals surface area (Å²) in [5, 5.41) is 1.93. The topological polar surface area (TPSA) is 51.8 Å². The molecular weight excluding hydrogens is 330 g/mol. The third-order valence-electron chi connectivity index (χ3n) is 3.28. The lowest BCUT2D eigenvalue weighted by molar-refractivity contribution is 0.441. The minimum atomic E-state index is 0.536. The lowest BCUT2D eigenvalue weighted by Crippen LogP contribution is -2.22. The smallest absolute Gasteiger partial charge is 0.148 e. The van der Waals surface area contributed by atoms with E-state index in [0.717, 1.165) is 9.86 Å². The molecule has 0 radical (unpaired) electrons. The monoisotopic (exact) mass is 351 g/mol. The SMILES string of the molecule is NC1CCCCC1.Sc1nc2ccccc2s1.c1cscn1. The van der Waals surface area contributed by atoms with Gasteiger partial charge < -0.3 is 5.73 Å². The molecule has 1 fully saturated rings. The van der Waals surface area contributed by atoms with Gasteiger partial charge in [-0.15, -0.1) is 35.3 Å². The van der Waals surface area contributed by atoms with Crippen molar-refractivity contribution >= 4 is 45.5 Å². The Morgan fingerprint density at radius 1 is 1.14 bits per heavy atom. The molecular formula is C16H21N3S3. The summed E-state index contributed by atoms with van der Waals surface area (Å²) >= 11 is 7.36. The molecule has 6 heteroatoms. The van der Waals surface area contributed by atoms with Gasteiger partial charge >= 0.3 is 0 Å². The van der Waals surface area contributed by atoms with Crippen LogP contribution >= 0.6 is 35.3 Å². The predicted molar refractivity (Wildman–Crippen MR) is 100 cm³/mol. The third-order valence-corrected chi connectivity index (χ3v) is 5.01. The van der Waals surface area contributed by atoms with Crippen molar-refractivity contribution < 1.29 is 0 Å². The largest absolute Gasteiger partial charge is 0.328 e. The average Bonchev–Trinajstić information content (AvgIpc) is 3.20. The van der Waals surface area contributed by atoms with Crippen LogP contribution in [0.2, 0.25) is 0 Å². The number of thiol groups is 1. The Morgan fingerprint density at radius 2 is 1.91 bits per heavy atom. The first-order valence-corrected chi connectivity index (χ1v) is 9.58. The molecule has 22 heavy (non-hydrogen) atoms. The Hall–Kier alpha value is -0.950. The summed E-state index contributed by atoms with van der Waals surface area (Å²) in [5.41, 5.74) is 8.47. The van der Waals surface area contributed by atoms with E-state index in [1.54, 1.807) is 34.4 Å². The van der Waals surface area contributed by atoms with Crippen LogP contribution in [-0.2, 0) is 0 Å². The highest BCUT2D eigenvalue weighted by atomic mass is 32.2. The van der Waals surface area contributed by atoms with E-state index in [0.29, 0.717) is 6.04 Å². The molecule has 0 atom stereocenters. The van der Waals surface area contributed by atoms with Gasteiger partial charge in [0, 0.05) is 17.6 Å². The molecule has 0 spiro atoms. The van der Waals surface area contributed by atoms with Gasteiger partial charge in [-0.2, -0.15) is 0 Å². The number of rotatable bonds is 0. The molecule has 1 saturated carbocycles. The first-order valence-electron chi connectivity index (χ1n) is 7.38. The van der Waals surface area contributed by atoms with E-state index in [1.165, 1.54) is 36.8 Å². The maximum absolute atomic E-state index is 5.63. The number of hydrogen-bond acceptors (Lipinski definition) is 6. The molecule has 4 rings (SSSR count). The van der Waals surface area contributed by atoms with Crippen molar-refractivity contribution in [2.75, 3.05) is 0 Å². The van der Waals surface area contributed by atoms with Gasteiger partial charge in [0.2, 0.25) is 0 Å². The molecule has 2 heterocycles. The van der Waals surface area contributed by atoms with Crippen LogP contribution in [0.4, 0.5) is 0 Å². The van der Waals surface area contributed by atoms with E-state index in [-0.39, 0.29) is 0 Å². The first-order chi connectivity index (χ1) is 10.8. The number of fused-ring (bicyclic) bond motifs is 1. The maximum atomic E-state index is 5.63. The summed E-state index contributed by atoms with van der Waals surface area (Å²) in [5.74, 6) is 0. The highest BCUT2D eigenvalue weighted by Gasteiger charge is 2.06. The third kappa shape index (κ3) is 6.44. The van der Waals surface area contributed by atoms with Crippen LogP contribution in [0, 0.1) is 0 Å². The summed E-state index contributed by atoms with van der Waals surface area (Å²) in [6.45, 7) is 0. The standard InChI is InChI=1S/C7H5NS2.C6H13N.C3H3NS/c9-7-8-5-3-1-2-4-6(5)10-7;7-6-4-2-1-3-5-6;1-2-5-3-4-1/h1-4H,(H,8,9);6H,1-5,7H2;1-3H. The highest BCUT2D eigenvalue weighted by molar-refractivity contribution is 7.82. The van der Waals surface area contributed by atoms with Gasteiger partial charge in [0.1, 0.15) is 4.34 Å². The second-order valence-corrected chi connectivity index (χ2v) is 7.55. The molecule has 1 aliphatic rings. The molecule has 3 aromatic rings. The normalized spacial score (nSPS) is 14.6. The fourth-order valence-corrected chi connectivity index (χ4v) is 3.63. The van der Waals surface area contributed by atoms with Crippen LogP contribution in [0.15, 0.2) is 45.7 Å². The number of nitrogens with two attached hydrogens (primary N) is 1. The van der Waals surface area contributed by atoms with Crippen LogP contribution in [-0.4, -0.2) is 16.0 Å². The first kappa shape index (κ1) is 17.4. The predicted octanol–water partition coefficient (Wildman–Crippen LogP) is 5.01. The second kappa shape index (κ2) is 9.94. The number of aromatic nitrogens is 2.